The highest BCUT2D eigenvalue weighted by Gasteiger charge is 2.27. The summed E-state index contributed by atoms with van der Waals surface area (Å²) in [4.78, 5) is 15.6. The largest absolute Gasteiger partial charge is 0.497 e. The average Bonchev–Trinajstić information content (AvgIpc) is 3.35. The number of aryl methyl sites for hydroxylation is 1. The number of ether oxygens (including phenoxy) is 4. The van der Waals surface area contributed by atoms with Crippen LogP contribution in [-0.4, -0.2) is 73.8 Å². The maximum Gasteiger partial charge on any atom is 0.231 e. The highest BCUT2D eigenvalue weighted by molar-refractivity contribution is 5.95. The van der Waals surface area contributed by atoms with E-state index in [2.05, 4.69) is 15.3 Å². The van der Waals surface area contributed by atoms with E-state index in [1.165, 1.54) is 0 Å². The molecule has 2 aliphatic heterocycles. The first-order valence-electron chi connectivity index (χ1n) is 12.3. The third kappa shape index (κ3) is 5.47. The molecule has 0 aliphatic carbocycles. The molecule has 190 valence electrons. The Morgan fingerprint density at radius 1 is 1.17 bits per heavy atom. The van der Waals surface area contributed by atoms with E-state index in [1.54, 1.807) is 13.3 Å². The predicted octanol–water partition coefficient (Wildman–Crippen LogP) is 3.00. The van der Waals surface area contributed by atoms with Crippen LogP contribution in [0.25, 0.3) is 11.3 Å². The summed E-state index contributed by atoms with van der Waals surface area (Å²) in [5, 5.41) is 7.36. The summed E-state index contributed by atoms with van der Waals surface area (Å²) in [6.07, 6.45) is 2.35. The van der Waals surface area contributed by atoms with Crippen LogP contribution < -0.4 is 19.5 Å². The molecule has 2 aliphatic rings. The number of hydrogen-bond acceptors (Lipinski definition) is 7. The smallest absolute Gasteiger partial charge is 0.231 e. The molecule has 3 heterocycles. The van der Waals surface area contributed by atoms with Crippen molar-refractivity contribution in [3.8, 4) is 28.5 Å². The molecule has 1 aromatic heterocycles. The molecule has 0 unspecified atom stereocenters. The number of fused-ring (bicyclic) bond motifs is 1. The van der Waals surface area contributed by atoms with Gasteiger partial charge in [-0.25, -0.2) is 0 Å². The lowest BCUT2D eigenvalue weighted by Gasteiger charge is -2.27. The van der Waals surface area contributed by atoms with Crippen LogP contribution in [0.3, 0.4) is 0 Å². The first kappa shape index (κ1) is 24.1. The lowest BCUT2D eigenvalue weighted by molar-refractivity contribution is -0.121. The van der Waals surface area contributed by atoms with E-state index in [-0.39, 0.29) is 11.8 Å². The molecule has 9 heteroatoms. The fourth-order valence-electron chi connectivity index (χ4n) is 4.57. The Morgan fingerprint density at radius 2 is 2.03 bits per heavy atom. The molecule has 5 rings (SSSR count). The van der Waals surface area contributed by atoms with E-state index in [9.17, 15) is 4.79 Å². The number of amides is 1. The van der Waals surface area contributed by atoms with Gasteiger partial charge >= 0.3 is 0 Å². The molecule has 1 fully saturated rings. The number of hydrogen-bond donors (Lipinski definition) is 1. The molecule has 1 saturated heterocycles. The summed E-state index contributed by atoms with van der Waals surface area (Å²) in [6.45, 7) is 4.92. The Kier molecular flexibility index (Phi) is 7.39. The fraction of sp³-hybridized carbons (Fsp3) is 0.407. The molecule has 1 N–H and O–H groups in total. The van der Waals surface area contributed by atoms with Crippen molar-refractivity contribution in [2.75, 3.05) is 58.5 Å². The van der Waals surface area contributed by atoms with Crippen LogP contribution in [0, 0.1) is 5.92 Å². The standard InChI is InChI=1S/C27H32N4O5/c1-30-24(7-8-28-30)19-3-5-23(26(17-19)35-14-11-31-9-12-34-13-10-31)29-27(32)21-15-20-16-22(33-2)4-6-25(20)36-18-21/h3-8,16-17,21H,9-15,18H2,1-2H3,(H,29,32)/t21-/m1/s1. The number of morpholine rings is 1. The summed E-state index contributed by atoms with van der Waals surface area (Å²) in [5.74, 6) is 1.76. The third-order valence-electron chi connectivity index (χ3n) is 6.67. The van der Waals surface area contributed by atoms with Crippen LogP contribution in [0.1, 0.15) is 5.56 Å². The normalized spacial score (nSPS) is 17.7. The van der Waals surface area contributed by atoms with Crippen LogP contribution in [0.15, 0.2) is 48.7 Å². The summed E-state index contributed by atoms with van der Waals surface area (Å²) >= 11 is 0. The summed E-state index contributed by atoms with van der Waals surface area (Å²) in [5.41, 5.74) is 3.55. The Hall–Kier alpha value is -3.56. The van der Waals surface area contributed by atoms with E-state index < -0.39 is 0 Å². The van der Waals surface area contributed by atoms with Crippen LogP contribution in [0.5, 0.6) is 17.2 Å². The zero-order valence-electron chi connectivity index (χ0n) is 20.7. The number of rotatable bonds is 8. The van der Waals surface area contributed by atoms with E-state index in [0.717, 1.165) is 61.2 Å². The molecule has 0 saturated carbocycles. The average molecular weight is 493 g/mol. The van der Waals surface area contributed by atoms with E-state index >= 15 is 0 Å². The molecule has 0 radical (unpaired) electrons. The SMILES string of the molecule is COc1ccc2c(c1)C[C@@H](C(=O)Nc1ccc(-c3ccnn3C)cc1OCCN1CCOCC1)CO2. The number of nitrogens with zero attached hydrogens (tertiary/aromatic N) is 3. The molecule has 36 heavy (non-hydrogen) atoms. The van der Waals surface area contributed by atoms with Gasteiger partial charge in [-0.1, -0.05) is 6.07 Å². The molecule has 2 aromatic carbocycles. The molecule has 9 nitrogen and oxygen atoms in total. The molecular weight excluding hydrogens is 460 g/mol. The van der Waals surface area contributed by atoms with Gasteiger partial charge in [-0.15, -0.1) is 0 Å². The molecule has 3 aromatic rings. The lowest BCUT2D eigenvalue weighted by atomic mass is 9.95. The number of carbonyl (C=O) groups is 1. The monoisotopic (exact) mass is 492 g/mol. The number of methoxy groups -OCH3 is 1. The second kappa shape index (κ2) is 11.0. The van der Waals surface area contributed by atoms with Crippen LogP contribution in [-0.2, 0) is 23.0 Å². The number of benzene rings is 2. The Balaban J connectivity index is 1.31. The van der Waals surface area contributed by atoms with Gasteiger partial charge in [-0.2, -0.15) is 5.10 Å². The third-order valence-corrected chi connectivity index (χ3v) is 6.67. The van der Waals surface area contributed by atoms with Gasteiger partial charge in [0.05, 0.1) is 37.6 Å². The van der Waals surface area contributed by atoms with E-state index in [0.29, 0.717) is 31.1 Å². The van der Waals surface area contributed by atoms with Gasteiger partial charge in [0, 0.05) is 38.4 Å². The molecule has 1 atom stereocenters. The number of carbonyl (C=O) groups excluding carboxylic acids is 1. The van der Waals surface area contributed by atoms with Crippen molar-refractivity contribution in [3.63, 3.8) is 0 Å². The van der Waals surface area contributed by atoms with Gasteiger partial charge < -0.3 is 24.3 Å². The Morgan fingerprint density at radius 3 is 2.81 bits per heavy atom. The highest BCUT2D eigenvalue weighted by atomic mass is 16.5. The lowest BCUT2D eigenvalue weighted by Crippen LogP contribution is -2.38. The van der Waals surface area contributed by atoms with E-state index in [4.69, 9.17) is 18.9 Å². The summed E-state index contributed by atoms with van der Waals surface area (Å²) in [7, 11) is 3.53. The van der Waals surface area contributed by atoms with Crippen molar-refractivity contribution in [1.82, 2.24) is 14.7 Å². The number of nitrogens with one attached hydrogen (secondary N) is 1. The molecule has 0 spiro atoms. The first-order chi connectivity index (χ1) is 17.6. The minimum Gasteiger partial charge on any atom is -0.497 e. The minimum atomic E-state index is -0.317. The van der Waals surface area contributed by atoms with Crippen molar-refractivity contribution in [2.45, 2.75) is 6.42 Å². The maximum absolute atomic E-state index is 13.3. The Bertz CT molecular complexity index is 1200. The van der Waals surface area contributed by atoms with Crippen molar-refractivity contribution in [1.29, 1.82) is 0 Å². The van der Waals surface area contributed by atoms with Gasteiger partial charge in [-0.05, 0) is 48.4 Å². The van der Waals surface area contributed by atoms with Crippen LogP contribution in [0.4, 0.5) is 5.69 Å². The first-order valence-corrected chi connectivity index (χ1v) is 12.3. The van der Waals surface area contributed by atoms with E-state index in [1.807, 2.05) is 54.2 Å². The Labute approximate surface area is 210 Å². The topological polar surface area (TPSA) is 87.1 Å². The second-order valence-corrected chi connectivity index (χ2v) is 9.03. The zero-order valence-corrected chi connectivity index (χ0v) is 20.7. The van der Waals surface area contributed by atoms with Gasteiger partial charge in [0.1, 0.15) is 30.5 Å². The molecule has 1 amide bonds. The molecule has 0 bridgehead atoms. The van der Waals surface area contributed by atoms with Gasteiger partial charge in [0.15, 0.2) is 0 Å². The fourth-order valence-corrected chi connectivity index (χ4v) is 4.57. The van der Waals surface area contributed by atoms with Crippen LogP contribution >= 0.6 is 0 Å². The minimum absolute atomic E-state index is 0.102. The number of aromatic nitrogens is 2. The van der Waals surface area contributed by atoms with Gasteiger partial charge in [0.25, 0.3) is 0 Å². The number of anilines is 1. The second-order valence-electron chi connectivity index (χ2n) is 9.03. The summed E-state index contributed by atoms with van der Waals surface area (Å²) < 4.78 is 24.7. The van der Waals surface area contributed by atoms with Crippen molar-refractivity contribution in [3.05, 3.63) is 54.2 Å². The summed E-state index contributed by atoms with van der Waals surface area (Å²) in [6, 6.07) is 13.5. The molecular formula is C27H32N4O5. The van der Waals surface area contributed by atoms with Gasteiger partial charge in [-0.3, -0.25) is 14.4 Å². The van der Waals surface area contributed by atoms with Gasteiger partial charge in [0.2, 0.25) is 5.91 Å². The van der Waals surface area contributed by atoms with Crippen molar-refractivity contribution < 1.29 is 23.7 Å². The maximum atomic E-state index is 13.3. The predicted molar refractivity (Wildman–Crippen MR) is 136 cm³/mol. The van der Waals surface area contributed by atoms with Crippen molar-refractivity contribution in [2.24, 2.45) is 13.0 Å². The van der Waals surface area contributed by atoms with Crippen LogP contribution in [0.2, 0.25) is 0 Å². The highest BCUT2D eigenvalue weighted by Crippen LogP contribution is 2.34. The zero-order chi connectivity index (χ0) is 24.9. The van der Waals surface area contributed by atoms with Crippen molar-refractivity contribution >= 4 is 11.6 Å². The quantitative estimate of drug-likeness (QED) is 0.517.